The topological polar surface area (TPSA) is 87.4 Å². The summed E-state index contributed by atoms with van der Waals surface area (Å²) in [5, 5.41) is 8.57. The number of carbonyl (C=O) groups is 1. The van der Waals surface area contributed by atoms with Gasteiger partial charge in [0, 0.05) is 28.5 Å². The second-order valence-electron chi connectivity index (χ2n) is 7.76. The van der Waals surface area contributed by atoms with Crippen LogP contribution in [0.1, 0.15) is 24.4 Å². The van der Waals surface area contributed by atoms with Gasteiger partial charge in [-0.2, -0.15) is 9.78 Å². The number of fused-ring (bicyclic) bond motifs is 1. The van der Waals surface area contributed by atoms with Crippen molar-refractivity contribution in [3.8, 4) is 17.2 Å². The monoisotopic (exact) mass is 446 g/mol. The minimum atomic E-state index is -0.560. The van der Waals surface area contributed by atoms with Crippen LogP contribution in [-0.4, -0.2) is 34.5 Å². The van der Waals surface area contributed by atoms with Gasteiger partial charge in [-0.15, -0.1) is 0 Å². The zero-order valence-electron chi connectivity index (χ0n) is 19.2. The molecule has 0 radical (unpaired) electrons. The van der Waals surface area contributed by atoms with Gasteiger partial charge in [-0.25, -0.2) is 0 Å². The second kappa shape index (κ2) is 8.82. The zero-order chi connectivity index (χ0) is 23.7. The number of methoxy groups -OCH3 is 2. The molecular weight excluding hydrogens is 420 g/mol. The molecule has 0 spiro atoms. The smallest absolute Gasteiger partial charge is 0.281 e. The van der Waals surface area contributed by atoms with Gasteiger partial charge in [0.2, 0.25) is 5.91 Å². The maximum Gasteiger partial charge on any atom is 0.281 e. The van der Waals surface area contributed by atoms with E-state index < -0.39 is 6.04 Å². The lowest BCUT2D eigenvalue weighted by atomic mass is 10.2. The van der Waals surface area contributed by atoms with Gasteiger partial charge in [0.1, 0.15) is 6.04 Å². The predicted molar refractivity (Wildman–Crippen MR) is 128 cm³/mol. The average Bonchev–Trinajstić information content (AvgIpc) is 3.09. The standard InChI is InChI=1S/C25H26N4O4/c1-15-20-14-26-29(19-9-7-6-8-10-19)25(31)23(20)16(2)28(15)17(3)24(30)27-18-11-12-21(32-4)22(13-18)33-5/h6-14,17H,1-5H3,(H,27,30)/t17-/m1/s1. The number of amides is 1. The van der Waals surface area contributed by atoms with Crippen molar-refractivity contribution < 1.29 is 14.3 Å². The lowest BCUT2D eigenvalue weighted by Gasteiger charge is -2.18. The SMILES string of the molecule is COc1ccc(NC(=O)[C@@H](C)n2c(C)c3cnn(-c4ccccc4)c(=O)c3c2C)cc1OC. The Morgan fingerprint density at radius 2 is 1.70 bits per heavy atom. The van der Waals surface area contributed by atoms with E-state index >= 15 is 0 Å². The van der Waals surface area contributed by atoms with Crippen LogP contribution in [0.25, 0.3) is 16.5 Å². The van der Waals surface area contributed by atoms with Gasteiger partial charge in [-0.05, 0) is 45.0 Å². The van der Waals surface area contributed by atoms with Crippen molar-refractivity contribution in [1.82, 2.24) is 14.3 Å². The molecule has 8 heteroatoms. The molecule has 0 saturated heterocycles. The highest BCUT2D eigenvalue weighted by atomic mass is 16.5. The van der Waals surface area contributed by atoms with Crippen LogP contribution in [0, 0.1) is 13.8 Å². The zero-order valence-corrected chi connectivity index (χ0v) is 19.2. The highest BCUT2D eigenvalue weighted by Gasteiger charge is 2.24. The van der Waals surface area contributed by atoms with Crippen molar-refractivity contribution in [2.45, 2.75) is 26.8 Å². The van der Waals surface area contributed by atoms with Crippen LogP contribution in [0.15, 0.2) is 59.5 Å². The minimum Gasteiger partial charge on any atom is -0.493 e. The third kappa shape index (κ3) is 3.84. The fourth-order valence-corrected chi connectivity index (χ4v) is 4.19. The first kappa shape index (κ1) is 22.1. The number of rotatable bonds is 6. The number of nitrogens with one attached hydrogen (secondary N) is 1. The van der Waals surface area contributed by atoms with Crippen molar-refractivity contribution in [3.05, 3.63) is 76.5 Å². The number of benzene rings is 2. The van der Waals surface area contributed by atoms with Gasteiger partial charge in [0.25, 0.3) is 5.56 Å². The number of ether oxygens (including phenoxy) is 2. The van der Waals surface area contributed by atoms with Gasteiger partial charge in [-0.3, -0.25) is 9.59 Å². The summed E-state index contributed by atoms with van der Waals surface area (Å²) in [7, 11) is 3.10. The molecule has 1 amide bonds. The molecule has 0 aliphatic carbocycles. The van der Waals surface area contributed by atoms with E-state index in [4.69, 9.17) is 9.47 Å². The molecule has 0 fully saturated rings. The maximum atomic E-state index is 13.3. The molecule has 0 saturated carbocycles. The summed E-state index contributed by atoms with van der Waals surface area (Å²) in [5.41, 5.74) is 2.58. The normalized spacial score (nSPS) is 11.9. The molecule has 0 aliphatic rings. The van der Waals surface area contributed by atoms with Crippen molar-refractivity contribution >= 4 is 22.4 Å². The molecule has 0 bridgehead atoms. The molecule has 33 heavy (non-hydrogen) atoms. The van der Waals surface area contributed by atoms with Crippen LogP contribution in [-0.2, 0) is 4.79 Å². The van der Waals surface area contributed by atoms with Crippen LogP contribution >= 0.6 is 0 Å². The number of nitrogens with zero attached hydrogens (tertiary/aromatic N) is 3. The van der Waals surface area contributed by atoms with E-state index in [-0.39, 0.29) is 11.5 Å². The Hall–Kier alpha value is -4.07. The molecule has 0 unspecified atom stereocenters. The largest absolute Gasteiger partial charge is 0.493 e. The quantitative estimate of drug-likeness (QED) is 0.483. The Morgan fingerprint density at radius 1 is 1.00 bits per heavy atom. The van der Waals surface area contributed by atoms with Crippen molar-refractivity contribution in [3.63, 3.8) is 0 Å². The second-order valence-corrected chi connectivity index (χ2v) is 7.76. The van der Waals surface area contributed by atoms with E-state index in [2.05, 4.69) is 10.4 Å². The first-order valence-electron chi connectivity index (χ1n) is 10.5. The summed E-state index contributed by atoms with van der Waals surface area (Å²) in [6, 6.07) is 13.9. The van der Waals surface area contributed by atoms with E-state index in [0.29, 0.717) is 28.3 Å². The molecular formula is C25H26N4O4. The van der Waals surface area contributed by atoms with Crippen LogP contribution in [0.4, 0.5) is 5.69 Å². The number of aromatic nitrogens is 3. The van der Waals surface area contributed by atoms with Crippen LogP contribution in [0.5, 0.6) is 11.5 Å². The van der Waals surface area contributed by atoms with Crippen LogP contribution in [0.2, 0.25) is 0 Å². The molecule has 4 aromatic rings. The molecule has 1 N–H and O–H groups in total. The summed E-state index contributed by atoms with van der Waals surface area (Å²) < 4.78 is 13.8. The van der Waals surface area contributed by atoms with E-state index in [1.165, 1.54) is 4.68 Å². The number of carbonyl (C=O) groups excluding carboxylic acids is 1. The fourth-order valence-electron chi connectivity index (χ4n) is 4.19. The molecule has 4 rings (SSSR count). The highest BCUT2D eigenvalue weighted by Crippen LogP contribution is 2.31. The summed E-state index contributed by atoms with van der Waals surface area (Å²) in [6.07, 6.45) is 1.68. The Bertz CT molecular complexity index is 1390. The van der Waals surface area contributed by atoms with E-state index in [0.717, 1.165) is 16.8 Å². The third-order valence-corrected chi connectivity index (χ3v) is 5.87. The number of para-hydroxylation sites is 1. The third-order valence-electron chi connectivity index (χ3n) is 5.87. The maximum absolute atomic E-state index is 13.3. The summed E-state index contributed by atoms with van der Waals surface area (Å²) in [5.74, 6) is 0.883. The lowest BCUT2D eigenvalue weighted by Crippen LogP contribution is -2.25. The summed E-state index contributed by atoms with van der Waals surface area (Å²) >= 11 is 0. The molecule has 170 valence electrons. The van der Waals surface area contributed by atoms with E-state index in [1.54, 1.807) is 45.5 Å². The molecule has 0 aliphatic heterocycles. The molecule has 1 atom stereocenters. The summed E-state index contributed by atoms with van der Waals surface area (Å²) in [6.45, 7) is 5.55. The summed E-state index contributed by atoms with van der Waals surface area (Å²) in [4.78, 5) is 26.4. The Morgan fingerprint density at radius 3 is 2.36 bits per heavy atom. The van der Waals surface area contributed by atoms with Crippen molar-refractivity contribution in [1.29, 1.82) is 0 Å². The number of hydrogen-bond acceptors (Lipinski definition) is 5. The van der Waals surface area contributed by atoms with Crippen LogP contribution < -0.4 is 20.3 Å². The predicted octanol–water partition coefficient (Wildman–Crippen LogP) is 4.02. The Balaban J connectivity index is 1.71. The Labute approximate surface area is 191 Å². The fraction of sp³-hybridized carbons (Fsp3) is 0.240. The van der Waals surface area contributed by atoms with E-state index in [1.807, 2.05) is 48.7 Å². The lowest BCUT2D eigenvalue weighted by molar-refractivity contribution is -0.118. The van der Waals surface area contributed by atoms with Gasteiger partial charge in [-0.1, -0.05) is 18.2 Å². The van der Waals surface area contributed by atoms with Gasteiger partial charge in [0.05, 0.1) is 31.5 Å². The Kier molecular flexibility index (Phi) is 5.91. The molecule has 2 aromatic heterocycles. The van der Waals surface area contributed by atoms with E-state index in [9.17, 15) is 9.59 Å². The number of hydrogen-bond donors (Lipinski definition) is 1. The first-order chi connectivity index (χ1) is 15.9. The van der Waals surface area contributed by atoms with Crippen molar-refractivity contribution in [2.24, 2.45) is 0 Å². The van der Waals surface area contributed by atoms with Gasteiger partial charge >= 0.3 is 0 Å². The van der Waals surface area contributed by atoms with Gasteiger partial charge in [0.15, 0.2) is 11.5 Å². The van der Waals surface area contributed by atoms with Crippen molar-refractivity contribution in [2.75, 3.05) is 19.5 Å². The number of aryl methyl sites for hydroxylation is 2. The first-order valence-corrected chi connectivity index (χ1v) is 10.5. The number of anilines is 1. The minimum absolute atomic E-state index is 0.217. The molecule has 2 heterocycles. The molecule has 2 aromatic carbocycles. The highest BCUT2D eigenvalue weighted by molar-refractivity contribution is 5.95. The van der Waals surface area contributed by atoms with Gasteiger partial charge < -0.3 is 19.4 Å². The average molecular weight is 447 g/mol. The molecule has 8 nitrogen and oxygen atoms in total. The van der Waals surface area contributed by atoms with Crippen LogP contribution in [0.3, 0.4) is 0 Å².